The topological polar surface area (TPSA) is 67.2 Å². The molecule has 1 aromatic heterocycles. The first-order chi connectivity index (χ1) is 12.5. The van der Waals surface area contributed by atoms with Crippen LogP contribution in [0.25, 0.3) is 0 Å². The molecule has 2 aromatic rings. The predicted octanol–water partition coefficient (Wildman–Crippen LogP) is 2.39. The van der Waals surface area contributed by atoms with Crippen LogP contribution in [0.3, 0.4) is 0 Å². The predicted molar refractivity (Wildman–Crippen MR) is 99.6 cm³/mol. The molecule has 6 nitrogen and oxygen atoms in total. The Balaban J connectivity index is 1.53. The molecule has 1 aliphatic rings. The van der Waals surface area contributed by atoms with E-state index >= 15 is 0 Å². The third kappa shape index (κ3) is 4.50. The molecule has 0 atom stereocenters. The maximum Gasteiger partial charge on any atom is 0.271 e. The third-order valence-corrected chi connectivity index (χ3v) is 4.50. The summed E-state index contributed by atoms with van der Waals surface area (Å²) in [6.45, 7) is 5.64. The Hall–Kier alpha value is -2.63. The van der Waals surface area contributed by atoms with Gasteiger partial charge in [-0.15, -0.1) is 0 Å². The van der Waals surface area contributed by atoms with E-state index < -0.39 is 0 Å². The number of nitrogens with one attached hydrogen (secondary N) is 1. The van der Waals surface area contributed by atoms with Gasteiger partial charge < -0.3 is 10.2 Å². The van der Waals surface area contributed by atoms with Gasteiger partial charge in [0.25, 0.3) is 5.91 Å². The average molecular weight is 354 g/mol. The van der Waals surface area contributed by atoms with Crippen molar-refractivity contribution in [2.45, 2.75) is 52.2 Å². The number of carbonyl (C=O) groups excluding carboxylic acids is 2. The lowest BCUT2D eigenvalue weighted by molar-refractivity contribution is -0.132. The number of aromatic nitrogens is 2. The number of fused-ring (bicyclic) bond motifs is 1. The number of rotatable bonds is 6. The van der Waals surface area contributed by atoms with Crippen LogP contribution in [0, 0.1) is 0 Å². The van der Waals surface area contributed by atoms with E-state index in [2.05, 4.69) is 22.5 Å². The largest absolute Gasteiger partial charge is 0.348 e. The number of amides is 2. The summed E-state index contributed by atoms with van der Waals surface area (Å²) in [5, 5.41) is 7.22. The van der Waals surface area contributed by atoms with Crippen molar-refractivity contribution < 1.29 is 9.59 Å². The summed E-state index contributed by atoms with van der Waals surface area (Å²) < 4.78 is 1.84. The van der Waals surface area contributed by atoms with Crippen molar-refractivity contribution in [3.8, 4) is 0 Å². The minimum atomic E-state index is -0.164. The van der Waals surface area contributed by atoms with Crippen LogP contribution in [0.15, 0.2) is 36.4 Å². The summed E-state index contributed by atoms with van der Waals surface area (Å²) in [4.78, 5) is 26.5. The van der Waals surface area contributed by atoms with Crippen LogP contribution in [0.2, 0.25) is 0 Å². The number of hydrogen-bond acceptors (Lipinski definition) is 3. The van der Waals surface area contributed by atoms with E-state index in [4.69, 9.17) is 0 Å². The molecule has 0 unspecified atom stereocenters. The van der Waals surface area contributed by atoms with Gasteiger partial charge >= 0.3 is 0 Å². The third-order valence-electron chi connectivity index (χ3n) is 4.50. The lowest BCUT2D eigenvalue weighted by atomic mass is 10.1. The lowest BCUT2D eigenvalue weighted by Crippen LogP contribution is -2.38. The lowest BCUT2D eigenvalue weighted by Gasteiger charge is -2.27. The zero-order valence-corrected chi connectivity index (χ0v) is 15.4. The van der Waals surface area contributed by atoms with Crippen molar-refractivity contribution in [1.82, 2.24) is 20.0 Å². The molecule has 1 N–H and O–H groups in total. The van der Waals surface area contributed by atoms with E-state index in [1.807, 2.05) is 41.6 Å². The van der Waals surface area contributed by atoms with Gasteiger partial charge in [0.15, 0.2) is 5.69 Å². The fraction of sp³-hybridized carbons (Fsp3) is 0.450. The second-order valence-electron chi connectivity index (χ2n) is 7.03. The zero-order chi connectivity index (χ0) is 18.5. The normalized spacial score (nSPS) is 13.6. The highest BCUT2D eigenvalue weighted by molar-refractivity contribution is 5.92. The Morgan fingerprint density at radius 1 is 1.19 bits per heavy atom. The second-order valence-corrected chi connectivity index (χ2v) is 7.03. The molecule has 0 saturated carbocycles. The standard InChI is InChI=1S/C20H26N4O2/c1-15(2)21-20(26)18-13-17-14-23(11-12-24(17)22-18)19(25)10-6-9-16-7-4-3-5-8-16/h3-5,7-8,13,15H,6,9-12,14H2,1-2H3,(H,21,26). The van der Waals surface area contributed by atoms with Crippen LogP contribution >= 0.6 is 0 Å². The van der Waals surface area contributed by atoms with Gasteiger partial charge in [0.2, 0.25) is 5.91 Å². The summed E-state index contributed by atoms with van der Waals surface area (Å²) in [6, 6.07) is 12.1. The highest BCUT2D eigenvalue weighted by Gasteiger charge is 2.23. The molecule has 3 rings (SSSR count). The molecule has 0 aliphatic carbocycles. The van der Waals surface area contributed by atoms with E-state index in [1.54, 1.807) is 6.07 Å². The molecule has 1 aliphatic heterocycles. The molecule has 0 saturated heterocycles. The van der Waals surface area contributed by atoms with Gasteiger partial charge in [0, 0.05) is 19.0 Å². The number of benzene rings is 1. The minimum absolute atomic E-state index is 0.0731. The fourth-order valence-electron chi connectivity index (χ4n) is 3.17. The molecule has 0 spiro atoms. The summed E-state index contributed by atoms with van der Waals surface area (Å²) in [6.07, 6.45) is 2.31. The molecule has 0 bridgehead atoms. The van der Waals surface area contributed by atoms with Crippen LogP contribution in [-0.4, -0.2) is 39.1 Å². The Morgan fingerprint density at radius 2 is 1.96 bits per heavy atom. The zero-order valence-electron chi connectivity index (χ0n) is 15.4. The number of hydrogen-bond donors (Lipinski definition) is 1. The number of nitrogens with zero attached hydrogens (tertiary/aromatic N) is 3. The average Bonchev–Trinajstić information content (AvgIpc) is 3.05. The molecule has 26 heavy (non-hydrogen) atoms. The van der Waals surface area contributed by atoms with Gasteiger partial charge in [-0.2, -0.15) is 5.10 Å². The quantitative estimate of drug-likeness (QED) is 0.866. The van der Waals surface area contributed by atoms with Crippen LogP contribution in [0.4, 0.5) is 0 Å². The molecular formula is C20H26N4O2. The van der Waals surface area contributed by atoms with Gasteiger partial charge in [-0.25, -0.2) is 0 Å². The molecule has 0 radical (unpaired) electrons. The molecular weight excluding hydrogens is 328 g/mol. The monoisotopic (exact) mass is 354 g/mol. The smallest absolute Gasteiger partial charge is 0.271 e. The fourth-order valence-corrected chi connectivity index (χ4v) is 3.17. The van der Waals surface area contributed by atoms with Crippen molar-refractivity contribution >= 4 is 11.8 Å². The minimum Gasteiger partial charge on any atom is -0.348 e. The molecule has 0 fully saturated rings. The van der Waals surface area contributed by atoms with Gasteiger partial charge in [-0.05, 0) is 38.3 Å². The summed E-state index contributed by atoms with van der Waals surface area (Å²) in [7, 11) is 0. The van der Waals surface area contributed by atoms with E-state index in [0.717, 1.165) is 18.5 Å². The SMILES string of the molecule is CC(C)NC(=O)c1cc2n(n1)CCN(C(=O)CCCc1ccccc1)C2. The van der Waals surface area contributed by atoms with Crippen LogP contribution < -0.4 is 5.32 Å². The summed E-state index contributed by atoms with van der Waals surface area (Å²) >= 11 is 0. The Labute approximate surface area is 154 Å². The molecule has 1 aromatic carbocycles. The van der Waals surface area contributed by atoms with E-state index in [1.165, 1.54) is 5.56 Å². The van der Waals surface area contributed by atoms with E-state index in [0.29, 0.717) is 31.7 Å². The van der Waals surface area contributed by atoms with Crippen molar-refractivity contribution in [2.75, 3.05) is 6.54 Å². The number of aryl methyl sites for hydroxylation is 1. The molecule has 2 heterocycles. The molecule has 6 heteroatoms. The van der Waals surface area contributed by atoms with Crippen molar-refractivity contribution in [2.24, 2.45) is 0 Å². The highest BCUT2D eigenvalue weighted by atomic mass is 16.2. The number of carbonyl (C=O) groups is 2. The van der Waals surface area contributed by atoms with Crippen LogP contribution in [0.1, 0.15) is 48.4 Å². The first-order valence-corrected chi connectivity index (χ1v) is 9.22. The van der Waals surface area contributed by atoms with Gasteiger partial charge in [-0.1, -0.05) is 30.3 Å². The van der Waals surface area contributed by atoms with Gasteiger partial charge in [-0.3, -0.25) is 14.3 Å². The summed E-state index contributed by atoms with van der Waals surface area (Å²) in [5.41, 5.74) is 2.60. The van der Waals surface area contributed by atoms with Crippen molar-refractivity contribution in [3.63, 3.8) is 0 Å². The van der Waals surface area contributed by atoms with E-state index in [9.17, 15) is 9.59 Å². The van der Waals surface area contributed by atoms with Crippen LogP contribution in [0.5, 0.6) is 0 Å². The van der Waals surface area contributed by atoms with Gasteiger partial charge in [0.1, 0.15) is 0 Å². The van der Waals surface area contributed by atoms with Gasteiger partial charge in [0.05, 0.1) is 18.8 Å². The first-order valence-electron chi connectivity index (χ1n) is 9.22. The Kier molecular flexibility index (Phi) is 5.71. The molecule has 2 amide bonds. The maximum absolute atomic E-state index is 12.5. The Morgan fingerprint density at radius 3 is 2.69 bits per heavy atom. The maximum atomic E-state index is 12.5. The van der Waals surface area contributed by atoms with Crippen molar-refractivity contribution in [1.29, 1.82) is 0 Å². The van der Waals surface area contributed by atoms with Crippen molar-refractivity contribution in [3.05, 3.63) is 53.3 Å². The molecule has 138 valence electrons. The highest BCUT2D eigenvalue weighted by Crippen LogP contribution is 2.16. The Bertz CT molecular complexity index is 767. The summed E-state index contributed by atoms with van der Waals surface area (Å²) in [5.74, 6) is 0.00389. The van der Waals surface area contributed by atoms with E-state index in [-0.39, 0.29) is 17.9 Å². The van der Waals surface area contributed by atoms with Crippen LogP contribution in [-0.2, 0) is 24.3 Å². The first kappa shape index (κ1) is 18.2. The second kappa shape index (κ2) is 8.17.